The van der Waals surface area contributed by atoms with E-state index in [-0.39, 0.29) is 11.6 Å². The zero-order valence-corrected chi connectivity index (χ0v) is 19.5. The van der Waals surface area contributed by atoms with E-state index in [1.54, 1.807) is 6.08 Å². The third kappa shape index (κ3) is 5.28. The second-order valence-electron chi connectivity index (χ2n) is 6.78. The van der Waals surface area contributed by atoms with E-state index >= 15 is 0 Å². The van der Waals surface area contributed by atoms with Crippen molar-refractivity contribution in [2.75, 3.05) is 13.2 Å². The third-order valence-corrected chi connectivity index (χ3v) is 5.20. The van der Waals surface area contributed by atoms with Crippen LogP contribution in [0.3, 0.4) is 0 Å². The van der Waals surface area contributed by atoms with Crippen molar-refractivity contribution in [3.63, 3.8) is 0 Å². The molecule has 0 atom stereocenters. The molecule has 0 aromatic heterocycles. The van der Waals surface area contributed by atoms with E-state index in [4.69, 9.17) is 14.2 Å². The number of rotatable bonds is 7. The van der Waals surface area contributed by atoms with Gasteiger partial charge in [-0.2, -0.15) is 0 Å². The molecule has 1 aliphatic heterocycles. The Bertz CT molecular complexity index is 983. The van der Waals surface area contributed by atoms with Crippen molar-refractivity contribution in [2.24, 2.45) is 10.9 Å². The summed E-state index contributed by atoms with van der Waals surface area (Å²) in [7, 11) is 0. The standard InChI is InChI=1S/C22H21Br2NO4/c1-4-27-19-11-14(9-17(24)20(19)28-12-13(2)3)10-18-22(26)29-21(25-18)15-7-5-6-8-16(15)23/h5-11,13H,4,12H2,1-3H3/b18-10-. The number of ether oxygens (including phenoxy) is 3. The van der Waals surface area contributed by atoms with E-state index in [0.29, 0.717) is 30.6 Å². The molecule has 7 heteroatoms. The number of benzene rings is 2. The first-order chi connectivity index (χ1) is 13.9. The number of halogens is 2. The number of hydrogen-bond donors (Lipinski definition) is 0. The molecule has 0 bridgehead atoms. The van der Waals surface area contributed by atoms with Crippen LogP contribution in [0.5, 0.6) is 11.5 Å². The maximum atomic E-state index is 12.3. The molecule has 0 unspecified atom stereocenters. The van der Waals surface area contributed by atoms with E-state index in [0.717, 1.165) is 20.1 Å². The molecule has 5 nitrogen and oxygen atoms in total. The van der Waals surface area contributed by atoms with Crippen LogP contribution in [0, 0.1) is 5.92 Å². The summed E-state index contributed by atoms with van der Waals surface area (Å²) < 4.78 is 18.6. The van der Waals surface area contributed by atoms with Crippen LogP contribution in [-0.2, 0) is 9.53 Å². The van der Waals surface area contributed by atoms with E-state index in [9.17, 15) is 4.79 Å². The molecule has 1 aliphatic rings. The molecule has 2 aromatic rings. The zero-order valence-electron chi connectivity index (χ0n) is 16.4. The van der Waals surface area contributed by atoms with Crippen LogP contribution in [-0.4, -0.2) is 25.1 Å². The number of esters is 1. The normalized spacial score (nSPS) is 14.9. The lowest BCUT2D eigenvalue weighted by Gasteiger charge is -2.16. The molecule has 152 valence electrons. The lowest BCUT2D eigenvalue weighted by atomic mass is 10.1. The van der Waals surface area contributed by atoms with Gasteiger partial charge in [-0.1, -0.05) is 26.0 Å². The van der Waals surface area contributed by atoms with Gasteiger partial charge in [0.25, 0.3) is 0 Å². The Morgan fingerprint density at radius 3 is 2.59 bits per heavy atom. The van der Waals surface area contributed by atoms with Crippen LogP contribution in [0.25, 0.3) is 6.08 Å². The van der Waals surface area contributed by atoms with Crippen molar-refractivity contribution in [1.82, 2.24) is 0 Å². The average Bonchev–Trinajstić information content (AvgIpc) is 3.01. The van der Waals surface area contributed by atoms with Gasteiger partial charge in [-0.05, 0) is 80.6 Å². The van der Waals surface area contributed by atoms with Gasteiger partial charge in [0, 0.05) is 4.47 Å². The first-order valence-electron chi connectivity index (χ1n) is 9.25. The van der Waals surface area contributed by atoms with Crippen molar-refractivity contribution in [3.8, 4) is 11.5 Å². The molecular weight excluding hydrogens is 502 g/mol. The average molecular weight is 523 g/mol. The highest BCUT2D eigenvalue weighted by Crippen LogP contribution is 2.38. The number of carbonyl (C=O) groups is 1. The highest BCUT2D eigenvalue weighted by molar-refractivity contribution is 9.10. The lowest BCUT2D eigenvalue weighted by Crippen LogP contribution is -2.07. The van der Waals surface area contributed by atoms with Gasteiger partial charge in [-0.15, -0.1) is 0 Å². The molecule has 0 spiro atoms. The second-order valence-corrected chi connectivity index (χ2v) is 8.49. The van der Waals surface area contributed by atoms with Crippen molar-refractivity contribution in [1.29, 1.82) is 0 Å². The highest BCUT2D eigenvalue weighted by atomic mass is 79.9. The monoisotopic (exact) mass is 521 g/mol. The predicted octanol–water partition coefficient (Wildman–Crippen LogP) is 5.99. The van der Waals surface area contributed by atoms with Gasteiger partial charge >= 0.3 is 5.97 Å². The molecule has 2 aromatic carbocycles. The Hall–Kier alpha value is -2.12. The first kappa shape index (κ1) is 21.6. The third-order valence-electron chi connectivity index (χ3n) is 3.92. The number of nitrogens with zero attached hydrogens (tertiary/aromatic N) is 1. The lowest BCUT2D eigenvalue weighted by molar-refractivity contribution is -0.129. The zero-order chi connectivity index (χ0) is 21.0. The Kier molecular flexibility index (Phi) is 7.14. The molecule has 0 saturated heterocycles. The van der Waals surface area contributed by atoms with Crippen molar-refractivity contribution in [2.45, 2.75) is 20.8 Å². The molecule has 0 fully saturated rings. The minimum Gasteiger partial charge on any atom is -0.490 e. The quantitative estimate of drug-likeness (QED) is 0.331. The summed E-state index contributed by atoms with van der Waals surface area (Å²) in [5.74, 6) is 1.42. The first-order valence-corrected chi connectivity index (χ1v) is 10.8. The van der Waals surface area contributed by atoms with Gasteiger partial charge in [0.2, 0.25) is 5.90 Å². The molecule has 0 N–H and O–H groups in total. The van der Waals surface area contributed by atoms with Crippen molar-refractivity contribution >= 4 is 49.8 Å². The van der Waals surface area contributed by atoms with Crippen LogP contribution in [0.1, 0.15) is 31.9 Å². The van der Waals surface area contributed by atoms with Gasteiger partial charge in [0.05, 0.1) is 23.2 Å². The number of cyclic esters (lactones) is 1. The number of aliphatic imine (C=N–C) groups is 1. The van der Waals surface area contributed by atoms with Crippen molar-refractivity contribution < 1.29 is 19.0 Å². The maximum absolute atomic E-state index is 12.3. The van der Waals surface area contributed by atoms with Gasteiger partial charge < -0.3 is 14.2 Å². The largest absolute Gasteiger partial charge is 0.490 e. The fourth-order valence-electron chi connectivity index (χ4n) is 2.64. The molecule has 1 heterocycles. The van der Waals surface area contributed by atoms with Gasteiger partial charge in [0.15, 0.2) is 17.2 Å². The van der Waals surface area contributed by atoms with Crippen LogP contribution in [0.15, 0.2) is 56.0 Å². The fourth-order valence-corrected chi connectivity index (χ4v) is 3.67. The van der Waals surface area contributed by atoms with Gasteiger partial charge in [-0.25, -0.2) is 9.79 Å². The summed E-state index contributed by atoms with van der Waals surface area (Å²) in [5, 5.41) is 0. The molecule has 0 amide bonds. The Morgan fingerprint density at radius 1 is 1.14 bits per heavy atom. The maximum Gasteiger partial charge on any atom is 0.363 e. The summed E-state index contributed by atoms with van der Waals surface area (Å²) in [6, 6.07) is 11.1. The van der Waals surface area contributed by atoms with Crippen LogP contribution in [0.4, 0.5) is 0 Å². The topological polar surface area (TPSA) is 57.1 Å². The summed E-state index contributed by atoms with van der Waals surface area (Å²) in [4.78, 5) is 16.7. The molecule has 29 heavy (non-hydrogen) atoms. The fraction of sp³-hybridized carbons (Fsp3) is 0.273. The molecule has 0 saturated carbocycles. The Balaban J connectivity index is 1.95. The molecule has 0 aliphatic carbocycles. The molecule has 0 radical (unpaired) electrons. The predicted molar refractivity (Wildman–Crippen MR) is 120 cm³/mol. The van der Waals surface area contributed by atoms with Crippen LogP contribution < -0.4 is 9.47 Å². The summed E-state index contributed by atoms with van der Waals surface area (Å²) in [6.45, 7) is 7.15. The van der Waals surface area contributed by atoms with Gasteiger partial charge in [0.1, 0.15) is 0 Å². The van der Waals surface area contributed by atoms with E-state index in [1.807, 2.05) is 43.3 Å². The minimum atomic E-state index is -0.495. The Morgan fingerprint density at radius 2 is 1.90 bits per heavy atom. The van der Waals surface area contributed by atoms with E-state index in [1.165, 1.54) is 0 Å². The molecular formula is C22H21Br2NO4. The van der Waals surface area contributed by atoms with Crippen LogP contribution >= 0.6 is 31.9 Å². The van der Waals surface area contributed by atoms with Gasteiger partial charge in [-0.3, -0.25) is 0 Å². The van der Waals surface area contributed by atoms with E-state index < -0.39 is 5.97 Å². The number of carbonyl (C=O) groups excluding carboxylic acids is 1. The van der Waals surface area contributed by atoms with E-state index in [2.05, 4.69) is 50.7 Å². The Labute approximate surface area is 187 Å². The van der Waals surface area contributed by atoms with Crippen molar-refractivity contribution in [3.05, 3.63) is 62.2 Å². The number of hydrogen-bond acceptors (Lipinski definition) is 5. The summed E-state index contributed by atoms with van der Waals surface area (Å²) in [5.41, 5.74) is 1.69. The van der Waals surface area contributed by atoms with Crippen LogP contribution in [0.2, 0.25) is 0 Å². The SMILES string of the molecule is CCOc1cc(/C=C2\N=C(c3ccccc3Br)OC2=O)cc(Br)c1OCC(C)C. The summed E-state index contributed by atoms with van der Waals surface area (Å²) in [6.07, 6.45) is 1.67. The highest BCUT2D eigenvalue weighted by Gasteiger charge is 2.25. The second kappa shape index (κ2) is 9.59. The molecule has 3 rings (SSSR count). The smallest absolute Gasteiger partial charge is 0.363 e. The minimum absolute atomic E-state index is 0.223. The summed E-state index contributed by atoms with van der Waals surface area (Å²) >= 11 is 7.00.